The number of hydrogen-bond acceptors (Lipinski definition) is 4. The molecule has 0 saturated heterocycles. The molecule has 6 nitrogen and oxygen atoms in total. The summed E-state index contributed by atoms with van der Waals surface area (Å²) >= 11 is 1.64. The van der Waals surface area contributed by atoms with Gasteiger partial charge in [0.2, 0.25) is 0 Å². The maximum atomic E-state index is 13.9. The molecule has 7 heteroatoms. The van der Waals surface area contributed by atoms with Crippen molar-refractivity contribution in [3.63, 3.8) is 0 Å². The summed E-state index contributed by atoms with van der Waals surface area (Å²) in [5.41, 5.74) is 4.83. The molecule has 0 fully saturated rings. The van der Waals surface area contributed by atoms with Crippen LogP contribution in [0, 0.1) is 0 Å². The first-order chi connectivity index (χ1) is 17.1. The number of ether oxygens (including phenoxy) is 2. The summed E-state index contributed by atoms with van der Waals surface area (Å²) in [4.78, 5) is 16.8. The van der Waals surface area contributed by atoms with E-state index in [0.717, 1.165) is 33.1 Å². The fourth-order valence-corrected chi connectivity index (χ4v) is 5.07. The van der Waals surface area contributed by atoms with Crippen molar-refractivity contribution in [3.8, 4) is 17.2 Å². The molecule has 1 atom stereocenters. The van der Waals surface area contributed by atoms with Crippen molar-refractivity contribution in [2.45, 2.75) is 17.5 Å². The van der Waals surface area contributed by atoms with Crippen LogP contribution in [0.25, 0.3) is 5.69 Å². The van der Waals surface area contributed by atoms with Crippen LogP contribution in [-0.2, 0) is 6.54 Å². The SMILES string of the molecule is COc1ccc(C2c3cccn3-c3ccccc3CN2C(=O)Nc2cccc(SC)c2)cc1OC. The number of carbonyl (C=O) groups is 1. The minimum absolute atomic E-state index is 0.174. The van der Waals surface area contributed by atoms with Crippen molar-refractivity contribution in [1.29, 1.82) is 0 Å². The maximum Gasteiger partial charge on any atom is 0.322 e. The topological polar surface area (TPSA) is 55.7 Å². The van der Waals surface area contributed by atoms with E-state index in [0.29, 0.717) is 18.0 Å². The zero-order valence-electron chi connectivity index (χ0n) is 19.9. The fraction of sp³-hybridized carbons (Fsp3) is 0.179. The van der Waals surface area contributed by atoms with Gasteiger partial charge in [0.15, 0.2) is 11.5 Å². The summed E-state index contributed by atoms with van der Waals surface area (Å²) in [6.45, 7) is 0.449. The summed E-state index contributed by atoms with van der Waals surface area (Å²) in [6.07, 6.45) is 4.07. The van der Waals surface area contributed by atoms with Crippen LogP contribution in [0.5, 0.6) is 11.5 Å². The maximum absolute atomic E-state index is 13.9. The molecule has 0 aliphatic carbocycles. The van der Waals surface area contributed by atoms with E-state index in [2.05, 4.69) is 28.1 Å². The van der Waals surface area contributed by atoms with E-state index in [9.17, 15) is 4.79 Å². The molecule has 2 amide bonds. The number of rotatable bonds is 5. The van der Waals surface area contributed by atoms with Crippen LogP contribution in [-0.4, -0.2) is 36.0 Å². The highest BCUT2D eigenvalue weighted by Crippen LogP contribution is 2.40. The molecule has 1 unspecified atom stereocenters. The van der Waals surface area contributed by atoms with Crippen molar-refractivity contribution < 1.29 is 14.3 Å². The lowest BCUT2D eigenvalue weighted by Crippen LogP contribution is -2.37. The molecule has 1 aliphatic rings. The van der Waals surface area contributed by atoms with E-state index in [4.69, 9.17) is 9.47 Å². The zero-order valence-corrected chi connectivity index (χ0v) is 20.7. The van der Waals surface area contributed by atoms with E-state index >= 15 is 0 Å². The number of nitrogens with zero attached hydrogens (tertiary/aromatic N) is 2. The highest BCUT2D eigenvalue weighted by atomic mass is 32.2. The Morgan fingerprint density at radius 2 is 1.77 bits per heavy atom. The van der Waals surface area contributed by atoms with E-state index < -0.39 is 0 Å². The number of methoxy groups -OCH3 is 2. The number of benzene rings is 3. The van der Waals surface area contributed by atoms with Crippen LogP contribution >= 0.6 is 11.8 Å². The van der Waals surface area contributed by atoms with Gasteiger partial charge in [0.05, 0.1) is 32.5 Å². The number of para-hydroxylation sites is 1. The van der Waals surface area contributed by atoms with Crippen LogP contribution in [0.15, 0.2) is 90.0 Å². The lowest BCUT2D eigenvalue weighted by atomic mass is 10.0. The van der Waals surface area contributed by atoms with Gasteiger partial charge in [-0.1, -0.05) is 30.3 Å². The van der Waals surface area contributed by atoms with Gasteiger partial charge in [-0.15, -0.1) is 11.8 Å². The van der Waals surface area contributed by atoms with Crippen molar-refractivity contribution in [3.05, 3.63) is 102 Å². The molecule has 178 valence electrons. The van der Waals surface area contributed by atoms with Gasteiger partial charge in [0.1, 0.15) is 0 Å². The van der Waals surface area contributed by atoms with E-state index in [1.54, 1.807) is 26.0 Å². The molecule has 1 aliphatic heterocycles. The standard InChI is InChI=1S/C28H27N3O3S/c1-33-25-14-13-19(16-26(25)34-2)27-24-12-7-15-30(24)23-11-5-4-8-20(23)18-31(27)28(32)29-21-9-6-10-22(17-21)35-3/h4-17,27H,18H2,1-3H3,(H,29,32). The predicted molar refractivity (Wildman–Crippen MR) is 140 cm³/mol. The van der Waals surface area contributed by atoms with Gasteiger partial charge < -0.3 is 24.3 Å². The molecule has 3 aromatic carbocycles. The van der Waals surface area contributed by atoms with Crippen molar-refractivity contribution in [1.82, 2.24) is 9.47 Å². The van der Waals surface area contributed by atoms with Crippen LogP contribution in [0.3, 0.4) is 0 Å². The number of anilines is 1. The molecule has 1 N–H and O–H groups in total. The van der Waals surface area contributed by atoms with Crippen molar-refractivity contribution in [2.24, 2.45) is 0 Å². The Balaban J connectivity index is 1.63. The molecule has 0 saturated carbocycles. The van der Waals surface area contributed by atoms with Crippen LogP contribution in [0.2, 0.25) is 0 Å². The third-order valence-corrected chi connectivity index (χ3v) is 6.99. The number of urea groups is 1. The number of amides is 2. The molecule has 2 heterocycles. The Labute approximate surface area is 209 Å². The lowest BCUT2D eigenvalue weighted by molar-refractivity contribution is 0.194. The normalized spacial score (nSPS) is 14.5. The second-order valence-corrected chi connectivity index (χ2v) is 9.12. The molecule has 0 bridgehead atoms. The van der Waals surface area contributed by atoms with E-state index in [-0.39, 0.29) is 12.1 Å². The number of hydrogen-bond donors (Lipinski definition) is 1. The van der Waals surface area contributed by atoms with E-state index in [1.165, 1.54) is 0 Å². The van der Waals surface area contributed by atoms with Crippen LogP contribution < -0.4 is 14.8 Å². The van der Waals surface area contributed by atoms with Gasteiger partial charge in [-0.3, -0.25) is 0 Å². The third kappa shape index (κ3) is 4.35. The van der Waals surface area contributed by atoms with Crippen molar-refractivity contribution in [2.75, 3.05) is 25.8 Å². The number of carbonyl (C=O) groups excluding carboxylic acids is 1. The van der Waals surface area contributed by atoms with Gasteiger partial charge >= 0.3 is 6.03 Å². The van der Waals surface area contributed by atoms with Gasteiger partial charge in [0, 0.05) is 22.5 Å². The minimum atomic E-state index is -0.346. The second-order valence-electron chi connectivity index (χ2n) is 8.24. The molecular formula is C28H27N3O3S. The summed E-state index contributed by atoms with van der Waals surface area (Å²) in [7, 11) is 3.24. The molecule has 0 radical (unpaired) electrons. The first-order valence-electron chi connectivity index (χ1n) is 11.3. The smallest absolute Gasteiger partial charge is 0.322 e. The Bertz CT molecular complexity index is 1370. The predicted octanol–water partition coefficient (Wildman–Crippen LogP) is 6.35. The largest absolute Gasteiger partial charge is 0.493 e. The fourth-order valence-electron chi connectivity index (χ4n) is 4.61. The molecule has 0 spiro atoms. The summed E-state index contributed by atoms with van der Waals surface area (Å²) < 4.78 is 13.2. The number of fused-ring (bicyclic) bond motifs is 3. The first-order valence-corrected chi connectivity index (χ1v) is 12.5. The molecule has 1 aromatic heterocycles. The Hall–Kier alpha value is -3.84. The highest BCUT2D eigenvalue weighted by Gasteiger charge is 2.33. The molecular weight excluding hydrogens is 458 g/mol. The van der Waals surface area contributed by atoms with Crippen LogP contribution in [0.4, 0.5) is 10.5 Å². The average molecular weight is 486 g/mol. The number of nitrogens with one attached hydrogen (secondary N) is 1. The Kier molecular flexibility index (Phi) is 6.42. The zero-order chi connectivity index (χ0) is 24.4. The summed E-state index contributed by atoms with van der Waals surface area (Å²) in [5.74, 6) is 1.27. The number of thioether (sulfide) groups is 1. The summed E-state index contributed by atoms with van der Waals surface area (Å²) in [5, 5.41) is 3.13. The van der Waals surface area contributed by atoms with E-state index in [1.807, 2.05) is 78.0 Å². The van der Waals surface area contributed by atoms with Gasteiger partial charge in [-0.2, -0.15) is 0 Å². The molecule has 35 heavy (non-hydrogen) atoms. The summed E-state index contributed by atoms with van der Waals surface area (Å²) in [6, 6.07) is 25.5. The highest BCUT2D eigenvalue weighted by molar-refractivity contribution is 7.98. The Morgan fingerprint density at radius 3 is 2.57 bits per heavy atom. The minimum Gasteiger partial charge on any atom is -0.493 e. The van der Waals surface area contributed by atoms with Gasteiger partial charge in [0.25, 0.3) is 0 Å². The molecule has 4 aromatic rings. The lowest BCUT2D eigenvalue weighted by Gasteiger charge is -2.31. The monoisotopic (exact) mass is 485 g/mol. The van der Waals surface area contributed by atoms with Crippen LogP contribution in [0.1, 0.15) is 22.9 Å². The number of aromatic nitrogens is 1. The quantitative estimate of drug-likeness (QED) is 0.335. The van der Waals surface area contributed by atoms with Gasteiger partial charge in [-0.25, -0.2) is 4.79 Å². The van der Waals surface area contributed by atoms with Gasteiger partial charge in [-0.05, 0) is 65.9 Å². The molecule has 5 rings (SSSR count). The Morgan fingerprint density at radius 1 is 0.943 bits per heavy atom. The third-order valence-electron chi connectivity index (χ3n) is 6.27. The first kappa shape index (κ1) is 22.9. The van der Waals surface area contributed by atoms with Crippen molar-refractivity contribution >= 4 is 23.5 Å². The average Bonchev–Trinajstić information content (AvgIpc) is 3.32. The second kappa shape index (κ2) is 9.80.